The molecule has 2 rings (SSSR count). The Balaban J connectivity index is 2.23. The molecule has 0 bridgehead atoms. The lowest BCUT2D eigenvalue weighted by Gasteiger charge is -2.24. The van der Waals surface area contributed by atoms with Crippen molar-refractivity contribution in [3.05, 3.63) is 30.3 Å². The van der Waals surface area contributed by atoms with Gasteiger partial charge in [-0.15, -0.1) is 0 Å². The van der Waals surface area contributed by atoms with Crippen molar-refractivity contribution < 1.29 is 9.31 Å². The lowest BCUT2D eigenvalue weighted by Crippen LogP contribution is -2.24. The van der Waals surface area contributed by atoms with Crippen LogP contribution < -0.4 is 5.30 Å². The van der Waals surface area contributed by atoms with E-state index in [9.17, 15) is 0 Å². The first kappa shape index (κ1) is 9.54. The largest absolute Gasteiger partial charge is 0.493 e. The molecule has 1 aromatic rings. The molecule has 0 aromatic heterocycles. The molecule has 0 atom stereocenters. The quantitative estimate of drug-likeness (QED) is 0.433. The van der Waals surface area contributed by atoms with Crippen LogP contribution in [0.1, 0.15) is 0 Å². The summed E-state index contributed by atoms with van der Waals surface area (Å²) in [6.07, 6.45) is 1.33. The highest BCUT2D eigenvalue weighted by atomic mass is 32.7. The highest BCUT2D eigenvalue weighted by molar-refractivity contribution is 8.55. The van der Waals surface area contributed by atoms with E-state index < -0.39 is 6.46 Å². The van der Waals surface area contributed by atoms with Crippen molar-refractivity contribution in [2.75, 3.05) is 12.7 Å². The molecule has 1 radical (unpaired) electrons. The van der Waals surface area contributed by atoms with Gasteiger partial charge in [0.15, 0.2) is 19.2 Å². The van der Waals surface area contributed by atoms with Gasteiger partial charge in [-0.3, -0.25) is 0 Å². The van der Waals surface area contributed by atoms with Gasteiger partial charge in [-0.25, -0.2) is 0 Å². The molecule has 0 saturated carbocycles. The van der Waals surface area contributed by atoms with E-state index in [1.807, 2.05) is 18.2 Å². The van der Waals surface area contributed by atoms with Crippen LogP contribution in [0.4, 0.5) is 0 Å². The molecule has 1 fully saturated rings. The van der Waals surface area contributed by atoms with E-state index in [0.717, 1.165) is 0 Å². The molecule has 1 aliphatic heterocycles. The van der Waals surface area contributed by atoms with Crippen molar-refractivity contribution >= 4 is 31.7 Å². The molecule has 0 N–H and O–H groups in total. The summed E-state index contributed by atoms with van der Waals surface area (Å²) in [7, 11) is 1.40. The van der Waals surface area contributed by atoms with Crippen molar-refractivity contribution in [1.29, 1.82) is 0 Å². The molecule has 0 amide bonds. The summed E-state index contributed by atoms with van der Waals surface area (Å²) in [5.41, 5.74) is 0. The second kappa shape index (κ2) is 4.01. The summed E-state index contributed by atoms with van der Waals surface area (Å²) in [6, 6.07) is 10.2. The Kier molecular flexibility index (Phi) is 2.94. The maximum Gasteiger partial charge on any atom is 0.493 e. The predicted molar refractivity (Wildman–Crippen MR) is 59.6 cm³/mol. The second-order valence-corrected chi connectivity index (χ2v) is 8.12. The predicted octanol–water partition coefficient (Wildman–Crippen LogP) is 1.67. The van der Waals surface area contributed by atoms with E-state index in [0.29, 0.717) is 12.7 Å². The fourth-order valence-corrected chi connectivity index (χ4v) is 3.76. The van der Waals surface area contributed by atoms with Gasteiger partial charge < -0.3 is 9.31 Å². The van der Waals surface area contributed by atoms with Gasteiger partial charge in [0.2, 0.25) is 0 Å². The van der Waals surface area contributed by atoms with Crippen LogP contribution in [-0.2, 0) is 9.31 Å². The average molecular weight is 212 g/mol. The number of hydrogen-bond acceptors (Lipinski definition) is 3. The normalized spacial score (nSPS) is 20.7. The lowest BCUT2D eigenvalue weighted by molar-refractivity contribution is 0.261. The van der Waals surface area contributed by atoms with Crippen LogP contribution >= 0.6 is 18.7 Å². The van der Waals surface area contributed by atoms with Crippen molar-refractivity contribution in [1.82, 2.24) is 0 Å². The van der Waals surface area contributed by atoms with Crippen molar-refractivity contribution in [3.8, 4) is 0 Å². The van der Waals surface area contributed by atoms with Crippen LogP contribution in [0.3, 0.4) is 0 Å². The van der Waals surface area contributed by atoms with E-state index in [1.54, 1.807) is 0 Å². The molecular formula is C8H10BO2PS+. The Morgan fingerprint density at radius 2 is 1.77 bits per heavy atom. The number of rotatable bonds is 1. The van der Waals surface area contributed by atoms with E-state index >= 15 is 0 Å². The van der Waals surface area contributed by atoms with Crippen LogP contribution in [-0.4, -0.2) is 20.4 Å². The van der Waals surface area contributed by atoms with E-state index in [4.69, 9.17) is 9.31 Å². The van der Waals surface area contributed by atoms with E-state index in [2.05, 4.69) is 24.4 Å². The van der Waals surface area contributed by atoms with Gasteiger partial charge in [0.1, 0.15) is 5.30 Å². The summed E-state index contributed by atoms with van der Waals surface area (Å²) in [5.74, 6) is 0. The van der Waals surface area contributed by atoms with Gasteiger partial charge in [0, 0.05) is 12.2 Å². The fourth-order valence-electron chi connectivity index (χ4n) is 1.25. The summed E-state index contributed by atoms with van der Waals surface area (Å²) in [6.45, 7) is -1.50. The van der Waals surface area contributed by atoms with Crippen molar-refractivity contribution in [2.24, 2.45) is 0 Å². The highest BCUT2D eigenvalue weighted by Gasteiger charge is 2.40. The number of thiol groups is 1. The van der Waals surface area contributed by atoms with Crippen molar-refractivity contribution in [2.45, 2.75) is 0 Å². The number of hydrogen-bond donors (Lipinski definition) is 1. The molecule has 0 unspecified atom stereocenters. The molecule has 1 aliphatic rings. The third kappa shape index (κ3) is 2.08. The molecule has 1 heterocycles. The molecular weight excluding hydrogens is 202 g/mol. The van der Waals surface area contributed by atoms with Gasteiger partial charge in [0.05, 0.1) is 0 Å². The van der Waals surface area contributed by atoms with Gasteiger partial charge in [-0.05, 0) is 12.1 Å². The van der Waals surface area contributed by atoms with Gasteiger partial charge in [-0.2, -0.15) is 0 Å². The average Bonchev–Trinajstić information content (AvgIpc) is 2.20. The Labute approximate surface area is 84.4 Å². The SMILES string of the molecule is S[P+]1(c2ccccc2)CO[B]OC1. The maximum atomic E-state index is 5.17. The molecule has 2 nitrogen and oxygen atoms in total. The smallest absolute Gasteiger partial charge is 0.380 e. The van der Waals surface area contributed by atoms with Crippen molar-refractivity contribution in [3.63, 3.8) is 0 Å². The van der Waals surface area contributed by atoms with Crippen LogP contribution in [0.15, 0.2) is 30.3 Å². The molecule has 5 heteroatoms. The Hall–Kier alpha value is -0.0151. The first-order chi connectivity index (χ1) is 6.31. The molecule has 0 aliphatic carbocycles. The summed E-state index contributed by atoms with van der Waals surface area (Å²) >= 11 is 4.68. The van der Waals surface area contributed by atoms with Gasteiger partial charge >= 0.3 is 7.69 Å². The molecule has 67 valence electrons. The minimum atomic E-state index is -1.50. The van der Waals surface area contributed by atoms with E-state index in [1.165, 1.54) is 13.0 Å². The van der Waals surface area contributed by atoms with Crippen LogP contribution in [0.5, 0.6) is 0 Å². The maximum absolute atomic E-state index is 5.17. The Morgan fingerprint density at radius 1 is 1.15 bits per heavy atom. The summed E-state index contributed by atoms with van der Waals surface area (Å²) in [4.78, 5) is 0. The molecule has 0 spiro atoms. The lowest BCUT2D eigenvalue weighted by atomic mass is 10.4. The molecule has 1 saturated heterocycles. The second-order valence-electron chi connectivity index (χ2n) is 2.95. The Bertz CT molecular complexity index is 277. The highest BCUT2D eigenvalue weighted by Crippen LogP contribution is 2.63. The third-order valence-electron chi connectivity index (χ3n) is 1.95. The molecule has 13 heavy (non-hydrogen) atoms. The Morgan fingerprint density at radius 3 is 2.38 bits per heavy atom. The zero-order valence-corrected chi connectivity index (χ0v) is 8.88. The minimum absolute atomic E-state index is 0.667. The zero-order chi connectivity index (χ0) is 9.15. The third-order valence-corrected chi connectivity index (χ3v) is 5.75. The topological polar surface area (TPSA) is 18.5 Å². The summed E-state index contributed by atoms with van der Waals surface area (Å²) < 4.78 is 10.3. The number of benzene rings is 1. The zero-order valence-electron chi connectivity index (χ0n) is 7.09. The van der Waals surface area contributed by atoms with Crippen LogP contribution in [0.25, 0.3) is 0 Å². The standard InChI is InChI=1S/C8H10BO2PS/c13-12(6-10-9-11-7-12)8-4-2-1-3-5-8/h1-5,13H,6-7H2/q+1. The van der Waals surface area contributed by atoms with Crippen LogP contribution in [0, 0.1) is 0 Å². The van der Waals surface area contributed by atoms with E-state index in [-0.39, 0.29) is 0 Å². The first-order valence-electron chi connectivity index (χ1n) is 4.02. The van der Waals surface area contributed by atoms with Gasteiger partial charge in [-0.1, -0.05) is 18.2 Å². The molecule has 1 aromatic carbocycles. The minimum Gasteiger partial charge on any atom is -0.380 e. The van der Waals surface area contributed by atoms with Gasteiger partial charge in [0.25, 0.3) is 0 Å². The fraction of sp³-hybridized carbons (Fsp3) is 0.250. The van der Waals surface area contributed by atoms with Crippen LogP contribution in [0.2, 0.25) is 0 Å². The monoisotopic (exact) mass is 212 g/mol. The first-order valence-corrected chi connectivity index (χ1v) is 7.33. The summed E-state index contributed by atoms with van der Waals surface area (Å²) in [5, 5.41) is 1.24.